The lowest BCUT2D eigenvalue weighted by atomic mass is 10.1. The third-order valence-electron chi connectivity index (χ3n) is 4.48. The molecule has 0 bridgehead atoms. The van der Waals surface area contributed by atoms with Gasteiger partial charge in [-0.15, -0.1) is 0 Å². The number of carbonyl (C=O) groups excluding carboxylic acids is 1. The molecule has 0 atom stereocenters. The van der Waals surface area contributed by atoms with Crippen LogP contribution in [-0.4, -0.2) is 16.7 Å². The zero-order valence-electron chi connectivity index (χ0n) is 15.7. The number of halogens is 1. The van der Waals surface area contributed by atoms with Crippen molar-refractivity contribution in [2.45, 2.75) is 27.2 Å². The SMILES string of the molecule is Cc1ccc(-n2c(C)cc(/C=N\NC(=O)Cc3ccccc3)c2C)cc1Cl. The number of benzene rings is 2. The van der Waals surface area contributed by atoms with Crippen LogP contribution in [0.3, 0.4) is 0 Å². The zero-order chi connectivity index (χ0) is 19.4. The molecule has 1 N–H and O–H groups in total. The summed E-state index contributed by atoms with van der Waals surface area (Å²) in [4.78, 5) is 12.0. The molecule has 0 saturated carbocycles. The highest BCUT2D eigenvalue weighted by molar-refractivity contribution is 6.31. The first-order valence-electron chi connectivity index (χ1n) is 8.77. The van der Waals surface area contributed by atoms with Crippen molar-refractivity contribution in [3.63, 3.8) is 0 Å². The minimum atomic E-state index is -0.142. The fourth-order valence-electron chi connectivity index (χ4n) is 3.03. The van der Waals surface area contributed by atoms with Crippen molar-refractivity contribution in [2.75, 3.05) is 0 Å². The fourth-order valence-corrected chi connectivity index (χ4v) is 3.21. The monoisotopic (exact) mass is 379 g/mol. The number of rotatable bonds is 5. The lowest BCUT2D eigenvalue weighted by Gasteiger charge is -2.11. The Morgan fingerprint density at radius 1 is 1.11 bits per heavy atom. The molecule has 2 aromatic carbocycles. The van der Waals surface area contributed by atoms with Gasteiger partial charge in [-0.3, -0.25) is 4.79 Å². The van der Waals surface area contributed by atoms with E-state index in [0.29, 0.717) is 6.42 Å². The molecule has 1 heterocycles. The van der Waals surface area contributed by atoms with Crippen LogP contribution < -0.4 is 5.43 Å². The Balaban J connectivity index is 1.73. The summed E-state index contributed by atoms with van der Waals surface area (Å²) in [6, 6.07) is 17.6. The molecule has 0 aliphatic rings. The number of hydrogen-bond acceptors (Lipinski definition) is 2. The van der Waals surface area contributed by atoms with E-state index in [-0.39, 0.29) is 5.91 Å². The standard InChI is InChI=1S/C22H22ClN3O/c1-15-9-10-20(13-21(15)23)26-16(2)11-19(17(26)3)14-24-25-22(27)12-18-7-5-4-6-8-18/h4-11,13-14H,12H2,1-3H3,(H,25,27)/b24-14-. The van der Waals surface area contributed by atoms with E-state index in [2.05, 4.69) is 15.1 Å². The van der Waals surface area contributed by atoms with Crippen LogP contribution in [-0.2, 0) is 11.2 Å². The van der Waals surface area contributed by atoms with Gasteiger partial charge in [0.2, 0.25) is 5.91 Å². The van der Waals surface area contributed by atoms with E-state index in [9.17, 15) is 4.79 Å². The maximum absolute atomic E-state index is 12.0. The highest BCUT2D eigenvalue weighted by atomic mass is 35.5. The molecule has 1 amide bonds. The molecular formula is C22H22ClN3O. The highest BCUT2D eigenvalue weighted by Gasteiger charge is 2.10. The van der Waals surface area contributed by atoms with Gasteiger partial charge in [0.15, 0.2) is 0 Å². The second kappa shape index (κ2) is 8.23. The Kier molecular flexibility index (Phi) is 5.77. The molecule has 3 aromatic rings. The molecule has 0 aliphatic carbocycles. The van der Waals surface area contributed by atoms with Crippen molar-refractivity contribution in [1.29, 1.82) is 0 Å². The van der Waals surface area contributed by atoms with Crippen LogP contribution in [0.25, 0.3) is 5.69 Å². The fraction of sp³-hybridized carbons (Fsp3) is 0.182. The van der Waals surface area contributed by atoms with Crippen LogP contribution in [0.15, 0.2) is 59.7 Å². The van der Waals surface area contributed by atoms with Crippen LogP contribution in [0.5, 0.6) is 0 Å². The molecule has 5 heteroatoms. The molecular weight excluding hydrogens is 358 g/mol. The molecule has 138 valence electrons. The third-order valence-corrected chi connectivity index (χ3v) is 4.89. The first-order valence-corrected chi connectivity index (χ1v) is 9.15. The summed E-state index contributed by atoms with van der Waals surface area (Å²) in [5.41, 5.74) is 8.66. The first kappa shape index (κ1) is 18.9. The number of aryl methyl sites for hydroxylation is 2. The van der Waals surface area contributed by atoms with Crippen molar-refractivity contribution in [3.05, 3.63) is 87.7 Å². The van der Waals surface area contributed by atoms with Gasteiger partial charge in [0.1, 0.15) is 0 Å². The second-order valence-electron chi connectivity index (χ2n) is 6.55. The van der Waals surface area contributed by atoms with Crippen molar-refractivity contribution in [3.8, 4) is 5.69 Å². The summed E-state index contributed by atoms with van der Waals surface area (Å²) in [6.07, 6.45) is 1.98. The van der Waals surface area contributed by atoms with Gasteiger partial charge in [-0.25, -0.2) is 5.43 Å². The summed E-state index contributed by atoms with van der Waals surface area (Å²) in [6.45, 7) is 6.04. The molecule has 0 aliphatic heterocycles. The van der Waals surface area contributed by atoms with Crippen LogP contribution in [0, 0.1) is 20.8 Å². The largest absolute Gasteiger partial charge is 0.318 e. The highest BCUT2D eigenvalue weighted by Crippen LogP contribution is 2.24. The molecule has 0 spiro atoms. The van der Waals surface area contributed by atoms with Gasteiger partial charge in [-0.2, -0.15) is 5.10 Å². The lowest BCUT2D eigenvalue weighted by molar-refractivity contribution is -0.120. The molecule has 27 heavy (non-hydrogen) atoms. The predicted octanol–water partition coefficient (Wildman–Crippen LogP) is 4.75. The number of amides is 1. The first-order chi connectivity index (χ1) is 13.0. The molecule has 0 saturated heterocycles. The van der Waals surface area contributed by atoms with Crippen molar-refractivity contribution < 1.29 is 4.79 Å². The van der Waals surface area contributed by atoms with Gasteiger partial charge in [0, 0.05) is 27.7 Å². The summed E-state index contributed by atoms with van der Waals surface area (Å²) < 4.78 is 2.12. The van der Waals surface area contributed by atoms with Crippen LogP contribution in [0.1, 0.15) is 28.1 Å². The molecule has 1 aromatic heterocycles. The van der Waals surface area contributed by atoms with E-state index < -0.39 is 0 Å². The number of nitrogens with zero attached hydrogens (tertiary/aromatic N) is 2. The average Bonchev–Trinajstić information content (AvgIpc) is 2.92. The van der Waals surface area contributed by atoms with Crippen LogP contribution in [0.2, 0.25) is 5.02 Å². The Labute approximate surface area is 164 Å². The van der Waals surface area contributed by atoms with Crippen molar-refractivity contribution in [1.82, 2.24) is 9.99 Å². The number of aromatic nitrogens is 1. The summed E-state index contributed by atoms with van der Waals surface area (Å²) >= 11 is 6.27. The van der Waals surface area contributed by atoms with Crippen LogP contribution >= 0.6 is 11.6 Å². The van der Waals surface area contributed by atoms with Crippen molar-refractivity contribution in [2.24, 2.45) is 5.10 Å². The Morgan fingerprint density at radius 3 is 2.56 bits per heavy atom. The number of carbonyl (C=O) groups is 1. The van der Waals surface area contributed by atoms with Gasteiger partial charge in [0.25, 0.3) is 0 Å². The lowest BCUT2D eigenvalue weighted by Crippen LogP contribution is -2.19. The van der Waals surface area contributed by atoms with E-state index in [1.807, 2.05) is 75.4 Å². The number of nitrogens with one attached hydrogen (secondary N) is 1. The number of hydrazone groups is 1. The maximum atomic E-state index is 12.0. The predicted molar refractivity (Wildman–Crippen MR) is 111 cm³/mol. The minimum absolute atomic E-state index is 0.142. The van der Waals surface area contributed by atoms with Gasteiger partial charge in [-0.1, -0.05) is 48.0 Å². The van der Waals surface area contributed by atoms with E-state index in [1.54, 1.807) is 6.21 Å². The van der Waals surface area contributed by atoms with Gasteiger partial charge >= 0.3 is 0 Å². The Hall–Kier alpha value is -2.85. The van der Waals surface area contributed by atoms with E-state index in [0.717, 1.165) is 38.8 Å². The maximum Gasteiger partial charge on any atom is 0.244 e. The normalized spacial score (nSPS) is 11.1. The molecule has 0 radical (unpaired) electrons. The minimum Gasteiger partial charge on any atom is -0.318 e. The average molecular weight is 380 g/mol. The van der Waals surface area contributed by atoms with Crippen molar-refractivity contribution >= 4 is 23.7 Å². The summed E-state index contributed by atoms with van der Waals surface area (Å²) in [5, 5.41) is 4.85. The van der Waals surface area contributed by atoms with E-state index in [4.69, 9.17) is 11.6 Å². The Morgan fingerprint density at radius 2 is 1.85 bits per heavy atom. The molecule has 3 rings (SSSR count). The van der Waals surface area contributed by atoms with Crippen LogP contribution in [0.4, 0.5) is 0 Å². The molecule has 0 unspecified atom stereocenters. The van der Waals surface area contributed by atoms with Gasteiger partial charge < -0.3 is 4.57 Å². The molecule has 4 nitrogen and oxygen atoms in total. The quantitative estimate of drug-likeness (QED) is 0.504. The van der Waals surface area contributed by atoms with Gasteiger partial charge in [-0.05, 0) is 50.1 Å². The smallest absolute Gasteiger partial charge is 0.244 e. The Bertz CT molecular complexity index is 990. The second-order valence-corrected chi connectivity index (χ2v) is 6.96. The number of hydrogen-bond donors (Lipinski definition) is 1. The van der Waals surface area contributed by atoms with Gasteiger partial charge in [0.05, 0.1) is 12.6 Å². The molecule has 0 fully saturated rings. The topological polar surface area (TPSA) is 46.4 Å². The summed E-state index contributed by atoms with van der Waals surface area (Å²) in [7, 11) is 0. The van der Waals surface area contributed by atoms with E-state index >= 15 is 0 Å². The van der Waals surface area contributed by atoms with E-state index in [1.165, 1.54) is 0 Å². The zero-order valence-corrected chi connectivity index (χ0v) is 16.4. The third kappa shape index (κ3) is 4.47. The summed E-state index contributed by atoms with van der Waals surface area (Å²) in [5.74, 6) is -0.142.